The summed E-state index contributed by atoms with van der Waals surface area (Å²) in [5.74, 6) is 2.00. The number of nitrogens with one attached hydrogen (secondary N) is 2. The van der Waals surface area contributed by atoms with Crippen molar-refractivity contribution in [1.82, 2.24) is 5.32 Å². The summed E-state index contributed by atoms with van der Waals surface area (Å²) in [6.45, 7) is 2.83. The van der Waals surface area contributed by atoms with Crippen molar-refractivity contribution < 1.29 is 19.0 Å². The number of carbonyl (C=O) groups is 1. The van der Waals surface area contributed by atoms with Gasteiger partial charge in [-0.1, -0.05) is 12.1 Å². The predicted molar refractivity (Wildman–Crippen MR) is 95.4 cm³/mol. The third-order valence-corrected chi connectivity index (χ3v) is 4.20. The molecule has 1 atom stereocenters. The number of rotatable bonds is 6. The van der Waals surface area contributed by atoms with Crippen molar-refractivity contribution in [1.29, 1.82) is 0 Å². The van der Waals surface area contributed by atoms with E-state index in [0.717, 1.165) is 11.1 Å². The third kappa shape index (κ3) is 3.85. The number of fused-ring (bicyclic) bond motifs is 1. The number of amides is 1. The average Bonchev–Trinajstić information content (AvgIpc) is 2.65. The molecule has 0 radical (unpaired) electrons. The first-order valence-corrected chi connectivity index (χ1v) is 8.11. The molecule has 2 N–H and O–H groups in total. The van der Waals surface area contributed by atoms with Crippen LogP contribution in [0.2, 0.25) is 0 Å². The molecule has 0 aliphatic carbocycles. The van der Waals surface area contributed by atoms with Crippen LogP contribution in [0.4, 0.5) is 5.69 Å². The summed E-state index contributed by atoms with van der Waals surface area (Å²) >= 11 is 0. The number of benzene rings is 2. The Morgan fingerprint density at radius 1 is 1.16 bits per heavy atom. The summed E-state index contributed by atoms with van der Waals surface area (Å²) < 4.78 is 16.0. The van der Waals surface area contributed by atoms with E-state index in [9.17, 15) is 4.79 Å². The Morgan fingerprint density at radius 2 is 1.96 bits per heavy atom. The summed E-state index contributed by atoms with van der Waals surface area (Å²) in [7, 11) is 3.25. The summed E-state index contributed by atoms with van der Waals surface area (Å²) in [6, 6.07) is 11.8. The fraction of sp³-hybridized carbons (Fsp3) is 0.316. The van der Waals surface area contributed by atoms with Crippen molar-refractivity contribution in [3.63, 3.8) is 0 Å². The summed E-state index contributed by atoms with van der Waals surface area (Å²) in [5.41, 5.74) is 2.89. The minimum absolute atomic E-state index is 0.0689. The highest BCUT2D eigenvalue weighted by molar-refractivity contribution is 5.95. The number of hydrogen-bond donors (Lipinski definition) is 2. The fourth-order valence-electron chi connectivity index (χ4n) is 2.75. The summed E-state index contributed by atoms with van der Waals surface area (Å²) in [5, 5.41) is 6.31. The Balaban J connectivity index is 1.67. The van der Waals surface area contributed by atoms with Crippen molar-refractivity contribution >= 4 is 11.6 Å². The molecule has 2 aromatic rings. The third-order valence-electron chi connectivity index (χ3n) is 4.20. The van der Waals surface area contributed by atoms with Gasteiger partial charge in [0.2, 0.25) is 0 Å². The predicted octanol–water partition coefficient (Wildman–Crippen LogP) is 2.89. The normalized spacial score (nSPS) is 14.1. The highest BCUT2D eigenvalue weighted by atomic mass is 16.5. The molecule has 0 unspecified atom stereocenters. The van der Waals surface area contributed by atoms with Gasteiger partial charge in [-0.2, -0.15) is 0 Å². The molecule has 3 rings (SSSR count). The Labute approximate surface area is 147 Å². The van der Waals surface area contributed by atoms with Crippen LogP contribution < -0.4 is 24.8 Å². The zero-order valence-electron chi connectivity index (χ0n) is 14.6. The van der Waals surface area contributed by atoms with Crippen molar-refractivity contribution in [2.75, 3.05) is 26.1 Å². The van der Waals surface area contributed by atoms with E-state index in [1.807, 2.05) is 36.4 Å². The molecule has 0 bridgehead atoms. The van der Waals surface area contributed by atoms with Crippen molar-refractivity contribution in [3.05, 3.63) is 47.5 Å². The van der Waals surface area contributed by atoms with Crippen LogP contribution in [-0.2, 0) is 11.3 Å². The second kappa shape index (κ2) is 7.44. The zero-order chi connectivity index (χ0) is 17.8. The molecule has 1 heterocycles. The molecule has 1 aliphatic heterocycles. The fourth-order valence-corrected chi connectivity index (χ4v) is 2.75. The van der Waals surface area contributed by atoms with Crippen LogP contribution in [0.5, 0.6) is 17.2 Å². The van der Waals surface area contributed by atoms with E-state index < -0.39 is 0 Å². The average molecular weight is 342 g/mol. The number of hydrogen-bond acceptors (Lipinski definition) is 5. The monoisotopic (exact) mass is 342 g/mol. The van der Waals surface area contributed by atoms with Crippen LogP contribution in [0.25, 0.3) is 0 Å². The highest BCUT2D eigenvalue weighted by Gasteiger charge is 2.17. The van der Waals surface area contributed by atoms with Crippen LogP contribution >= 0.6 is 0 Å². The van der Waals surface area contributed by atoms with Gasteiger partial charge in [-0.3, -0.25) is 4.79 Å². The van der Waals surface area contributed by atoms with Gasteiger partial charge in [0.25, 0.3) is 5.91 Å². The van der Waals surface area contributed by atoms with E-state index in [-0.39, 0.29) is 18.6 Å². The van der Waals surface area contributed by atoms with Crippen LogP contribution in [-0.4, -0.2) is 26.7 Å². The topological polar surface area (TPSA) is 68.8 Å². The maximum atomic E-state index is 11.5. The van der Waals surface area contributed by atoms with Crippen LogP contribution in [0.3, 0.4) is 0 Å². The summed E-state index contributed by atoms with van der Waals surface area (Å²) in [4.78, 5) is 11.5. The molecule has 2 aromatic carbocycles. The van der Waals surface area contributed by atoms with Gasteiger partial charge >= 0.3 is 0 Å². The largest absolute Gasteiger partial charge is 0.493 e. The zero-order valence-corrected chi connectivity index (χ0v) is 14.6. The quantitative estimate of drug-likeness (QED) is 0.845. The van der Waals surface area contributed by atoms with E-state index in [0.29, 0.717) is 29.5 Å². The molecule has 0 spiro atoms. The highest BCUT2D eigenvalue weighted by Crippen LogP contribution is 2.31. The number of carbonyl (C=O) groups excluding carboxylic acids is 1. The van der Waals surface area contributed by atoms with Crippen molar-refractivity contribution in [3.8, 4) is 17.2 Å². The van der Waals surface area contributed by atoms with Gasteiger partial charge in [0.15, 0.2) is 18.1 Å². The first-order chi connectivity index (χ1) is 12.1. The van der Waals surface area contributed by atoms with Gasteiger partial charge in [-0.25, -0.2) is 0 Å². The minimum Gasteiger partial charge on any atom is -0.493 e. The molecule has 1 aliphatic rings. The maximum absolute atomic E-state index is 11.5. The molecule has 0 saturated heterocycles. The van der Waals surface area contributed by atoms with Gasteiger partial charge in [-0.05, 0) is 42.3 Å². The lowest BCUT2D eigenvalue weighted by molar-refractivity contribution is -0.118. The molecule has 0 fully saturated rings. The van der Waals surface area contributed by atoms with E-state index in [4.69, 9.17) is 14.2 Å². The smallest absolute Gasteiger partial charge is 0.262 e. The lowest BCUT2D eigenvalue weighted by Crippen LogP contribution is -2.26. The first kappa shape index (κ1) is 17.1. The molecular weight excluding hydrogens is 320 g/mol. The SMILES string of the molecule is COc1ccc(CN[C@H](C)c2ccc3c(c2)NC(=O)CO3)cc1OC. The second-order valence-electron chi connectivity index (χ2n) is 5.88. The van der Waals surface area contributed by atoms with E-state index in [1.54, 1.807) is 14.2 Å². The standard InChI is InChI=1S/C19H22N2O4/c1-12(14-5-7-16-15(9-14)21-19(22)11-25-16)20-10-13-4-6-17(23-2)18(8-13)24-3/h4-9,12,20H,10-11H2,1-3H3,(H,21,22)/t12-/m1/s1. The van der Waals surface area contributed by atoms with Crippen LogP contribution in [0.1, 0.15) is 24.1 Å². The van der Waals surface area contributed by atoms with E-state index >= 15 is 0 Å². The Morgan fingerprint density at radius 3 is 2.72 bits per heavy atom. The van der Waals surface area contributed by atoms with Gasteiger partial charge in [0, 0.05) is 12.6 Å². The molecule has 132 valence electrons. The number of methoxy groups -OCH3 is 2. The number of anilines is 1. The lowest BCUT2D eigenvalue weighted by Gasteiger charge is -2.21. The lowest BCUT2D eigenvalue weighted by atomic mass is 10.1. The molecular formula is C19H22N2O4. The van der Waals surface area contributed by atoms with Crippen LogP contribution in [0, 0.1) is 0 Å². The second-order valence-corrected chi connectivity index (χ2v) is 5.88. The Bertz CT molecular complexity index is 776. The Kier molecular flexibility index (Phi) is 5.09. The van der Waals surface area contributed by atoms with Gasteiger partial charge in [-0.15, -0.1) is 0 Å². The molecule has 25 heavy (non-hydrogen) atoms. The molecule has 1 amide bonds. The van der Waals surface area contributed by atoms with E-state index in [2.05, 4.69) is 17.6 Å². The van der Waals surface area contributed by atoms with Gasteiger partial charge in [0.05, 0.1) is 19.9 Å². The first-order valence-electron chi connectivity index (χ1n) is 8.11. The molecule has 0 aromatic heterocycles. The van der Waals surface area contributed by atoms with E-state index in [1.165, 1.54) is 0 Å². The van der Waals surface area contributed by atoms with Gasteiger partial charge in [0.1, 0.15) is 5.75 Å². The maximum Gasteiger partial charge on any atom is 0.262 e. The van der Waals surface area contributed by atoms with Crippen LogP contribution in [0.15, 0.2) is 36.4 Å². The minimum atomic E-state index is -0.129. The Hall–Kier alpha value is -2.73. The van der Waals surface area contributed by atoms with Gasteiger partial charge < -0.3 is 24.8 Å². The number of ether oxygens (including phenoxy) is 3. The summed E-state index contributed by atoms with van der Waals surface area (Å²) in [6.07, 6.45) is 0. The molecule has 6 heteroatoms. The molecule has 0 saturated carbocycles. The van der Waals surface area contributed by atoms with Crippen molar-refractivity contribution in [2.45, 2.75) is 19.5 Å². The molecule has 6 nitrogen and oxygen atoms in total. The van der Waals surface area contributed by atoms with Crippen molar-refractivity contribution in [2.24, 2.45) is 0 Å².